The molecule has 2 aromatic rings. The summed E-state index contributed by atoms with van der Waals surface area (Å²) in [5, 5.41) is 0. The van der Waals surface area contributed by atoms with Gasteiger partial charge in [0.25, 0.3) is 5.91 Å². The molecule has 33 heavy (non-hydrogen) atoms. The summed E-state index contributed by atoms with van der Waals surface area (Å²) in [6.45, 7) is 3.21. The van der Waals surface area contributed by atoms with Gasteiger partial charge in [-0.05, 0) is 54.8 Å². The summed E-state index contributed by atoms with van der Waals surface area (Å²) in [5.74, 6) is 1.44. The summed E-state index contributed by atoms with van der Waals surface area (Å²) >= 11 is 0. The lowest BCUT2D eigenvalue weighted by Gasteiger charge is -2.28. The molecular weight excluding hydrogens is 438 g/mol. The van der Waals surface area contributed by atoms with Gasteiger partial charge in [0.15, 0.2) is 9.84 Å². The molecular formula is C26H35NO5S. The van der Waals surface area contributed by atoms with E-state index in [4.69, 9.17) is 9.47 Å². The number of hydrogen-bond acceptors (Lipinski definition) is 5. The van der Waals surface area contributed by atoms with Crippen LogP contribution in [0.1, 0.15) is 61.4 Å². The highest BCUT2D eigenvalue weighted by Crippen LogP contribution is 2.24. The summed E-state index contributed by atoms with van der Waals surface area (Å²) in [6.07, 6.45) is 6.35. The minimum Gasteiger partial charge on any atom is -0.497 e. The quantitative estimate of drug-likeness (QED) is 0.411. The number of methoxy groups -OCH3 is 1. The average Bonchev–Trinajstić information content (AvgIpc) is 3.19. The smallest absolute Gasteiger partial charge is 0.254 e. The Morgan fingerprint density at radius 2 is 1.64 bits per heavy atom. The number of rotatable bonds is 12. The van der Waals surface area contributed by atoms with E-state index < -0.39 is 9.84 Å². The fraction of sp³-hybridized carbons (Fsp3) is 0.500. The Hall–Kier alpha value is -2.54. The van der Waals surface area contributed by atoms with Crippen LogP contribution < -0.4 is 9.47 Å². The molecule has 6 nitrogen and oxygen atoms in total. The van der Waals surface area contributed by atoms with Crippen LogP contribution in [0.15, 0.2) is 48.5 Å². The molecule has 0 radical (unpaired) electrons. The van der Waals surface area contributed by atoms with Crippen molar-refractivity contribution in [3.8, 4) is 11.5 Å². The molecule has 0 aromatic heterocycles. The van der Waals surface area contributed by atoms with Gasteiger partial charge in [-0.2, -0.15) is 0 Å². The van der Waals surface area contributed by atoms with Crippen LogP contribution in [0.2, 0.25) is 0 Å². The summed E-state index contributed by atoms with van der Waals surface area (Å²) in [6, 6.07) is 14.3. The highest BCUT2D eigenvalue weighted by atomic mass is 32.2. The molecule has 1 fully saturated rings. The Balaban J connectivity index is 1.67. The Kier molecular flexibility index (Phi) is 9.18. The Morgan fingerprint density at radius 3 is 2.24 bits per heavy atom. The van der Waals surface area contributed by atoms with E-state index in [1.54, 1.807) is 24.1 Å². The molecule has 0 aliphatic carbocycles. The van der Waals surface area contributed by atoms with E-state index in [-0.39, 0.29) is 23.5 Å². The summed E-state index contributed by atoms with van der Waals surface area (Å²) in [4.78, 5) is 15.1. The zero-order valence-electron chi connectivity index (χ0n) is 19.7. The van der Waals surface area contributed by atoms with Crippen molar-refractivity contribution in [1.82, 2.24) is 4.90 Å². The molecule has 7 heteroatoms. The van der Waals surface area contributed by atoms with Crippen LogP contribution in [0.25, 0.3) is 0 Å². The largest absolute Gasteiger partial charge is 0.497 e. The lowest BCUT2D eigenvalue weighted by atomic mass is 10.1. The molecule has 0 unspecified atom stereocenters. The van der Waals surface area contributed by atoms with E-state index in [0.717, 1.165) is 29.9 Å². The predicted octanol–water partition coefficient (Wildman–Crippen LogP) is 4.87. The SMILES string of the molecule is CCCCCCCOc1ccc(C(=O)N(Cc2ccc(OC)cc2)[C@H]2CCS(=O)(=O)C2)cc1. The predicted molar refractivity (Wildman–Crippen MR) is 131 cm³/mol. The number of carbonyl (C=O) groups is 1. The fourth-order valence-electron chi connectivity index (χ4n) is 4.07. The molecule has 3 rings (SSSR count). The molecule has 0 bridgehead atoms. The van der Waals surface area contributed by atoms with Gasteiger partial charge >= 0.3 is 0 Å². The van der Waals surface area contributed by atoms with Crippen molar-refractivity contribution < 1.29 is 22.7 Å². The average molecular weight is 474 g/mol. The van der Waals surface area contributed by atoms with Gasteiger partial charge in [0.05, 0.1) is 25.2 Å². The van der Waals surface area contributed by atoms with E-state index in [2.05, 4.69) is 6.92 Å². The van der Waals surface area contributed by atoms with Crippen molar-refractivity contribution in [3.63, 3.8) is 0 Å². The van der Waals surface area contributed by atoms with Crippen molar-refractivity contribution in [2.45, 2.75) is 58.0 Å². The van der Waals surface area contributed by atoms with Crippen molar-refractivity contribution in [2.75, 3.05) is 25.2 Å². The number of unbranched alkanes of at least 4 members (excludes halogenated alkanes) is 4. The van der Waals surface area contributed by atoms with Crippen molar-refractivity contribution in [2.24, 2.45) is 0 Å². The monoisotopic (exact) mass is 473 g/mol. The zero-order chi connectivity index (χ0) is 23.7. The van der Waals surface area contributed by atoms with Crippen LogP contribution >= 0.6 is 0 Å². The van der Waals surface area contributed by atoms with E-state index in [1.165, 1.54) is 19.3 Å². The molecule has 1 aliphatic rings. The number of ether oxygens (including phenoxy) is 2. The molecule has 180 valence electrons. The first-order valence-electron chi connectivity index (χ1n) is 11.8. The van der Waals surface area contributed by atoms with E-state index in [9.17, 15) is 13.2 Å². The topological polar surface area (TPSA) is 72.9 Å². The maximum Gasteiger partial charge on any atom is 0.254 e. The number of benzene rings is 2. The van der Waals surface area contributed by atoms with Crippen molar-refractivity contribution in [1.29, 1.82) is 0 Å². The first-order valence-corrected chi connectivity index (χ1v) is 13.6. The second-order valence-corrected chi connectivity index (χ2v) is 10.9. The number of carbonyl (C=O) groups excluding carboxylic acids is 1. The molecule has 1 atom stereocenters. The van der Waals surface area contributed by atoms with Crippen molar-refractivity contribution >= 4 is 15.7 Å². The van der Waals surface area contributed by atoms with Crippen LogP contribution in [0.5, 0.6) is 11.5 Å². The number of nitrogens with zero attached hydrogens (tertiary/aromatic N) is 1. The lowest BCUT2D eigenvalue weighted by Crippen LogP contribution is -2.40. The highest BCUT2D eigenvalue weighted by Gasteiger charge is 2.35. The normalized spacial score (nSPS) is 17.0. The maximum atomic E-state index is 13.4. The van der Waals surface area contributed by atoms with Gasteiger partial charge in [0.1, 0.15) is 11.5 Å². The molecule has 1 heterocycles. The minimum atomic E-state index is -3.12. The molecule has 2 aromatic carbocycles. The van der Waals surface area contributed by atoms with Gasteiger partial charge in [-0.1, -0.05) is 44.7 Å². The molecule has 0 saturated carbocycles. The Labute approximate surface area is 197 Å². The van der Waals surface area contributed by atoms with Gasteiger partial charge in [-0.25, -0.2) is 8.42 Å². The van der Waals surface area contributed by atoms with Crippen LogP contribution in [0.3, 0.4) is 0 Å². The summed E-state index contributed by atoms with van der Waals surface area (Å²) < 4.78 is 35.2. The second-order valence-electron chi connectivity index (χ2n) is 8.63. The third-order valence-corrected chi connectivity index (χ3v) is 7.79. The number of hydrogen-bond donors (Lipinski definition) is 0. The second kappa shape index (κ2) is 12.1. The van der Waals surface area contributed by atoms with Crippen LogP contribution in [-0.4, -0.2) is 50.5 Å². The molecule has 1 saturated heterocycles. The van der Waals surface area contributed by atoms with E-state index in [1.807, 2.05) is 36.4 Å². The van der Waals surface area contributed by atoms with Crippen LogP contribution in [0.4, 0.5) is 0 Å². The fourth-order valence-corrected chi connectivity index (χ4v) is 5.80. The number of amides is 1. The Morgan fingerprint density at radius 1 is 0.970 bits per heavy atom. The molecule has 0 N–H and O–H groups in total. The van der Waals surface area contributed by atoms with Crippen LogP contribution in [-0.2, 0) is 16.4 Å². The van der Waals surface area contributed by atoms with E-state index in [0.29, 0.717) is 25.1 Å². The van der Waals surface area contributed by atoms with Gasteiger partial charge < -0.3 is 14.4 Å². The first kappa shape index (κ1) is 25.1. The molecule has 1 aliphatic heterocycles. The maximum absolute atomic E-state index is 13.4. The number of sulfone groups is 1. The van der Waals surface area contributed by atoms with Gasteiger partial charge in [-0.15, -0.1) is 0 Å². The minimum absolute atomic E-state index is 0.00806. The standard InChI is InChI=1S/C26H35NO5S/c1-3-4-5-6-7-17-32-25-14-10-22(11-15-25)26(28)27(23-16-18-33(29,30)20-23)19-21-8-12-24(31-2)13-9-21/h8-15,23H,3-7,16-20H2,1-2H3/t23-/m0/s1. The third kappa shape index (κ3) is 7.49. The Bertz CT molecular complexity index is 986. The zero-order valence-corrected chi connectivity index (χ0v) is 20.5. The van der Waals surface area contributed by atoms with Gasteiger partial charge in [-0.3, -0.25) is 4.79 Å². The first-order chi connectivity index (χ1) is 15.9. The van der Waals surface area contributed by atoms with Gasteiger partial charge in [0, 0.05) is 18.2 Å². The lowest BCUT2D eigenvalue weighted by molar-refractivity contribution is 0.0681. The highest BCUT2D eigenvalue weighted by molar-refractivity contribution is 7.91. The van der Waals surface area contributed by atoms with Crippen molar-refractivity contribution in [3.05, 3.63) is 59.7 Å². The summed E-state index contributed by atoms with van der Waals surface area (Å²) in [7, 11) is -1.51. The molecule has 1 amide bonds. The molecule has 0 spiro atoms. The van der Waals surface area contributed by atoms with Crippen LogP contribution in [0, 0.1) is 0 Å². The summed E-state index contributed by atoms with van der Waals surface area (Å²) in [5.41, 5.74) is 1.46. The van der Waals surface area contributed by atoms with E-state index >= 15 is 0 Å². The van der Waals surface area contributed by atoms with Gasteiger partial charge in [0.2, 0.25) is 0 Å². The third-order valence-electron chi connectivity index (χ3n) is 6.04.